The number of ether oxygens (including phenoxy) is 2. The van der Waals surface area contributed by atoms with Crippen LogP contribution in [-0.4, -0.2) is 54.2 Å². The van der Waals surface area contributed by atoms with Crippen LogP contribution < -0.4 is 10.5 Å². The van der Waals surface area contributed by atoms with Gasteiger partial charge in [-0.1, -0.05) is 13.8 Å². The number of alkyl halides is 3. The summed E-state index contributed by atoms with van der Waals surface area (Å²) in [6, 6.07) is 4.56. The van der Waals surface area contributed by atoms with Crippen LogP contribution >= 0.6 is 0 Å². The predicted octanol–water partition coefficient (Wildman–Crippen LogP) is 4.68. The number of carbonyl (C=O) groups excluding carboxylic acids is 1. The zero-order valence-electron chi connectivity index (χ0n) is 21.2. The number of fused-ring (bicyclic) bond motifs is 2. The molecule has 4 atom stereocenters. The van der Waals surface area contributed by atoms with E-state index in [0.717, 1.165) is 6.07 Å². The molecule has 1 saturated heterocycles. The Morgan fingerprint density at radius 1 is 1.24 bits per heavy atom. The minimum Gasteiger partial charge on any atom is -0.494 e. The van der Waals surface area contributed by atoms with Crippen LogP contribution in [0.15, 0.2) is 28.7 Å². The first-order chi connectivity index (χ1) is 17.4. The highest BCUT2D eigenvalue weighted by Gasteiger charge is 2.67. The third kappa shape index (κ3) is 4.04. The van der Waals surface area contributed by atoms with Gasteiger partial charge in [0, 0.05) is 24.6 Å². The van der Waals surface area contributed by atoms with E-state index in [-0.39, 0.29) is 46.0 Å². The average Bonchev–Trinajstić information content (AvgIpc) is 3.20. The SMILES string of the molecule is COC[C@@H]1C2C(CN1C(=O)c1nc(-c3ccc(OC)c4nc(C(F)(F)F)ccc34)oc1[C@H](C)N)C2(C)C. The number of hydrogen-bond donors (Lipinski definition) is 1. The van der Waals surface area contributed by atoms with E-state index in [1.807, 2.05) is 0 Å². The van der Waals surface area contributed by atoms with E-state index >= 15 is 0 Å². The van der Waals surface area contributed by atoms with Gasteiger partial charge in [0.2, 0.25) is 5.89 Å². The highest BCUT2D eigenvalue weighted by Crippen LogP contribution is 2.65. The molecule has 0 spiro atoms. The summed E-state index contributed by atoms with van der Waals surface area (Å²) in [4.78, 5) is 23.8. The van der Waals surface area contributed by atoms with E-state index < -0.39 is 17.9 Å². The molecule has 2 aliphatic rings. The van der Waals surface area contributed by atoms with Crippen LogP contribution in [0.1, 0.15) is 48.8 Å². The molecule has 3 aromatic rings. The second-order valence-electron chi connectivity index (χ2n) is 10.4. The van der Waals surface area contributed by atoms with Crippen molar-refractivity contribution in [1.29, 1.82) is 0 Å². The second kappa shape index (κ2) is 8.70. The van der Waals surface area contributed by atoms with Crippen molar-refractivity contribution in [2.24, 2.45) is 23.0 Å². The molecule has 2 aromatic heterocycles. The van der Waals surface area contributed by atoms with Gasteiger partial charge in [-0.15, -0.1) is 0 Å². The maximum Gasteiger partial charge on any atom is 0.433 e. The first kappa shape index (κ1) is 25.5. The van der Waals surface area contributed by atoms with E-state index in [4.69, 9.17) is 19.6 Å². The van der Waals surface area contributed by atoms with E-state index in [2.05, 4.69) is 23.8 Å². The summed E-state index contributed by atoms with van der Waals surface area (Å²) < 4.78 is 56.6. The van der Waals surface area contributed by atoms with Crippen LogP contribution in [0.25, 0.3) is 22.4 Å². The highest BCUT2D eigenvalue weighted by atomic mass is 19.4. The lowest BCUT2D eigenvalue weighted by molar-refractivity contribution is -0.140. The molecule has 2 unspecified atom stereocenters. The fourth-order valence-corrected chi connectivity index (χ4v) is 5.78. The molecule has 1 amide bonds. The molecule has 37 heavy (non-hydrogen) atoms. The van der Waals surface area contributed by atoms with Crippen molar-refractivity contribution < 1.29 is 31.9 Å². The first-order valence-corrected chi connectivity index (χ1v) is 12.0. The highest BCUT2D eigenvalue weighted by molar-refractivity contribution is 5.98. The van der Waals surface area contributed by atoms with Crippen LogP contribution in [0.3, 0.4) is 0 Å². The summed E-state index contributed by atoms with van der Waals surface area (Å²) in [7, 11) is 2.96. The number of carbonyl (C=O) groups is 1. The van der Waals surface area contributed by atoms with Crippen molar-refractivity contribution in [3.63, 3.8) is 0 Å². The zero-order valence-corrected chi connectivity index (χ0v) is 21.2. The lowest BCUT2D eigenvalue weighted by Gasteiger charge is -2.30. The molecule has 198 valence electrons. The molecule has 2 N–H and O–H groups in total. The minimum absolute atomic E-state index is 0.00488. The summed E-state index contributed by atoms with van der Waals surface area (Å²) in [5.41, 5.74) is 5.72. The van der Waals surface area contributed by atoms with E-state index in [1.54, 1.807) is 25.0 Å². The molecule has 1 aromatic carbocycles. The Hall–Kier alpha value is -3.18. The molecule has 0 bridgehead atoms. The van der Waals surface area contributed by atoms with E-state index in [1.165, 1.54) is 19.2 Å². The Morgan fingerprint density at radius 3 is 2.59 bits per heavy atom. The number of aromatic nitrogens is 2. The van der Waals surface area contributed by atoms with Crippen LogP contribution in [0.4, 0.5) is 13.2 Å². The molecule has 1 aliphatic carbocycles. The molecule has 0 radical (unpaired) electrons. The quantitative estimate of drug-likeness (QED) is 0.505. The number of halogens is 3. The number of rotatable bonds is 6. The number of nitrogens with zero attached hydrogens (tertiary/aromatic N) is 3. The molecule has 2 fully saturated rings. The zero-order chi connectivity index (χ0) is 26.9. The summed E-state index contributed by atoms with van der Waals surface area (Å²) in [5, 5.41) is 0.338. The number of nitrogens with two attached hydrogens (primary N) is 1. The largest absolute Gasteiger partial charge is 0.494 e. The smallest absolute Gasteiger partial charge is 0.433 e. The van der Waals surface area contributed by atoms with Crippen molar-refractivity contribution in [2.75, 3.05) is 27.4 Å². The Labute approximate surface area is 211 Å². The lowest BCUT2D eigenvalue weighted by Crippen LogP contribution is -2.43. The predicted molar refractivity (Wildman–Crippen MR) is 129 cm³/mol. The Morgan fingerprint density at radius 2 is 1.97 bits per heavy atom. The number of methoxy groups -OCH3 is 2. The monoisotopic (exact) mass is 518 g/mol. The summed E-state index contributed by atoms with van der Waals surface area (Å²) in [6.07, 6.45) is -4.62. The van der Waals surface area contributed by atoms with Crippen LogP contribution in [0.5, 0.6) is 5.75 Å². The van der Waals surface area contributed by atoms with Gasteiger partial charge in [-0.3, -0.25) is 4.79 Å². The standard InChI is InChI=1S/C26H29F3N4O4/c1-12(30)22-21(24(34)33-10-15-19(25(15,2)3)16(33)11-35-4)32-23(37-22)14-6-8-17(36-5)20-13(14)7-9-18(31-20)26(27,28)29/h6-9,12,15-16,19H,10-11,30H2,1-5H3/t12-,15?,16+,19?/m0/s1. The average molecular weight is 519 g/mol. The van der Waals surface area contributed by atoms with E-state index in [0.29, 0.717) is 35.9 Å². The van der Waals surface area contributed by atoms with Gasteiger partial charge in [0.25, 0.3) is 5.91 Å². The molecule has 1 saturated carbocycles. The third-order valence-corrected chi connectivity index (χ3v) is 7.78. The normalized spacial score (nSPS) is 23.3. The molecule has 8 nitrogen and oxygen atoms in total. The molecular weight excluding hydrogens is 489 g/mol. The number of benzene rings is 1. The third-order valence-electron chi connectivity index (χ3n) is 7.78. The topological polar surface area (TPSA) is 104 Å². The number of piperidine rings is 1. The van der Waals surface area contributed by atoms with E-state index in [9.17, 15) is 18.0 Å². The number of amides is 1. The fourth-order valence-electron chi connectivity index (χ4n) is 5.78. The number of oxazole rings is 1. The van der Waals surface area contributed by atoms with Crippen molar-refractivity contribution in [2.45, 2.75) is 39.0 Å². The van der Waals surface area contributed by atoms with Crippen LogP contribution in [0, 0.1) is 17.3 Å². The Bertz CT molecular complexity index is 1370. The van der Waals surface area contributed by atoms with Gasteiger partial charge in [0.05, 0.1) is 25.8 Å². The maximum atomic E-state index is 13.7. The van der Waals surface area contributed by atoms with Crippen LogP contribution in [-0.2, 0) is 10.9 Å². The number of pyridine rings is 1. The molecule has 3 heterocycles. The summed E-state index contributed by atoms with van der Waals surface area (Å²) >= 11 is 0. The van der Waals surface area contributed by atoms with Gasteiger partial charge in [-0.2, -0.15) is 13.2 Å². The maximum absolute atomic E-state index is 13.7. The number of hydrogen-bond acceptors (Lipinski definition) is 7. The Balaban J connectivity index is 1.58. The van der Waals surface area contributed by atoms with Crippen molar-refractivity contribution in [3.8, 4) is 17.2 Å². The Kier molecular flexibility index (Phi) is 5.99. The van der Waals surface area contributed by atoms with Gasteiger partial charge in [-0.05, 0) is 48.4 Å². The van der Waals surface area contributed by atoms with Gasteiger partial charge < -0.3 is 24.5 Å². The van der Waals surface area contributed by atoms with Crippen molar-refractivity contribution in [1.82, 2.24) is 14.9 Å². The second-order valence-corrected chi connectivity index (χ2v) is 10.4. The van der Waals surface area contributed by atoms with Gasteiger partial charge >= 0.3 is 6.18 Å². The lowest BCUT2D eigenvalue weighted by atomic mass is 10.0. The van der Waals surface area contributed by atoms with Gasteiger partial charge in [0.1, 0.15) is 17.0 Å². The summed E-state index contributed by atoms with van der Waals surface area (Å²) in [6.45, 7) is 7.07. The van der Waals surface area contributed by atoms with Gasteiger partial charge in [0.15, 0.2) is 11.5 Å². The molecule has 11 heteroatoms. The molecule has 1 aliphatic heterocycles. The molecular formula is C26H29F3N4O4. The van der Waals surface area contributed by atoms with Crippen molar-refractivity contribution in [3.05, 3.63) is 41.4 Å². The fraction of sp³-hybridized carbons (Fsp3) is 0.500. The van der Waals surface area contributed by atoms with Crippen molar-refractivity contribution >= 4 is 16.8 Å². The first-order valence-electron chi connectivity index (χ1n) is 12.0. The van der Waals surface area contributed by atoms with Gasteiger partial charge in [-0.25, -0.2) is 9.97 Å². The molecule has 5 rings (SSSR count). The van der Waals surface area contributed by atoms with Crippen LogP contribution in [0.2, 0.25) is 0 Å². The summed E-state index contributed by atoms with van der Waals surface area (Å²) in [5.74, 6) is 0.851. The minimum atomic E-state index is -4.62. The number of likely N-dealkylation sites (tertiary alicyclic amines) is 1.